The lowest BCUT2D eigenvalue weighted by atomic mass is 10.0. The molecule has 0 fully saturated rings. The monoisotopic (exact) mass is 903 g/mol. The second-order valence-electron chi connectivity index (χ2n) is 18.4. The molecule has 66 heavy (non-hydrogen) atoms. The average Bonchev–Trinajstić information content (AvgIpc) is 3.32. The Kier molecular flexibility index (Phi) is 31.5. The molecule has 0 aliphatic carbocycles. The molecule has 3 aromatic carbocycles. The molecule has 0 saturated carbocycles. The summed E-state index contributed by atoms with van der Waals surface area (Å²) in [6.45, 7) is 5.67. The van der Waals surface area contributed by atoms with Crippen molar-refractivity contribution in [3.8, 4) is 35.2 Å². The molecule has 0 aliphatic heterocycles. The normalized spacial score (nSPS) is 10.8. The van der Waals surface area contributed by atoms with Crippen LogP contribution in [0.1, 0.15) is 262 Å². The van der Waals surface area contributed by atoms with Crippen molar-refractivity contribution in [2.45, 2.75) is 219 Å². The fraction of sp³-hybridized carbons (Fsp3) is 0.600. The summed E-state index contributed by atoms with van der Waals surface area (Å²) < 4.78 is 12.9. The summed E-state index contributed by atoms with van der Waals surface area (Å²) in [5.41, 5.74) is 3.21. The van der Waals surface area contributed by atoms with Crippen LogP contribution < -0.4 is 9.47 Å². The van der Waals surface area contributed by atoms with Crippen LogP contribution in [0.3, 0.4) is 0 Å². The van der Waals surface area contributed by atoms with Crippen molar-refractivity contribution in [2.24, 2.45) is 0 Å². The zero-order chi connectivity index (χ0) is 47.1. The fourth-order valence-corrected chi connectivity index (χ4v) is 8.33. The number of unbranched alkanes of at least 4 members (excludes halogenated alkanes) is 30. The van der Waals surface area contributed by atoms with Gasteiger partial charge in [-0.25, -0.2) is 9.59 Å². The van der Waals surface area contributed by atoms with Gasteiger partial charge in [0, 0.05) is 23.3 Å². The van der Waals surface area contributed by atoms with Crippen molar-refractivity contribution in [3.05, 3.63) is 94.0 Å². The third kappa shape index (κ3) is 26.5. The van der Waals surface area contributed by atoms with Crippen molar-refractivity contribution in [2.75, 3.05) is 13.2 Å². The second kappa shape index (κ2) is 37.4. The first-order chi connectivity index (χ1) is 32.4. The Morgan fingerprint density at radius 3 is 0.848 bits per heavy atom. The van der Waals surface area contributed by atoms with Gasteiger partial charge in [-0.1, -0.05) is 230 Å². The fourth-order valence-electron chi connectivity index (χ4n) is 8.33. The Bertz CT molecular complexity index is 1720. The SMILES string of the molecule is CCCCCCCCCCCCCCCCCCOc1cc(C#Cc2ccc(C(=O)O)cc2)c(OCCCCCCCCCCCCCCCCCC)cc1C#Cc1ccc(C(=O)O)cc1. The Labute approximate surface area is 401 Å². The predicted molar refractivity (Wildman–Crippen MR) is 275 cm³/mol. The molecule has 0 radical (unpaired) electrons. The lowest BCUT2D eigenvalue weighted by Gasteiger charge is -2.14. The lowest BCUT2D eigenvalue weighted by Crippen LogP contribution is -2.03. The summed E-state index contributed by atoms with van der Waals surface area (Å²) in [6.07, 6.45) is 41.9. The van der Waals surface area contributed by atoms with Gasteiger partial charge in [-0.15, -0.1) is 0 Å². The van der Waals surface area contributed by atoms with E-state index in [4.69, 9.17) is 9.47 Å². The molecule has 0 aromatic heterocycles. The molecule has 3 aromatic rings. The lowest BCUT2D eigenvalue weighted by molar-refractivity contribution is 0.0686. The minimum absolute atomic E-state index is 0.216. The highest BCUT2D eigenvalue weighted by molar-refractivity contribution is 5.88. The molecule has 0 amide bonds. The van der Waals surface area contributed by atoms with Crippen LogP contribution in [0, 0.1) is 23.7 Å². The summed E-state index contributed by atoms with van der Waals surface area (Å²) in [5.74, 6) is 12.3. The predicted octanol–water partition coefficient (Wildman–Crippen LogP) is 17.2. The molecule has 0 bridgehead atoms. The van der Waals surface area contributed by atoms with E-state index in [1.165, 1.54) is 180 Å². The summed E-state index contributed by atoms with van der Waals surface area (Å²) in [7, 11) is 0. The van der Waals surface area contributed by atoms with E-state index in [2.05, 4.69) is 37.5 Å². The van der Waals surface area contributed by atoms with Gasteiger partial charge in [0.05, 0.1) is 35.5 Å². The zero-order valence-corrected chi connectivity index (χ0v) is 41.3. The topological polar surface area (TPSA) is 93.1 Å². The minimum atomic E-state index is -0.972. The Morgan fingerprint density at radius 1 is 0.364 bits per heavy atom. The van der Waals surface area contributed by atoms with E-state index in [0.29, 0.717) is 47.0 Å². The van der Waals surface area contributed by atoms with Gasteiger partial charge in [0.15, 0.2) is 0 Å². The molecule has 0 heterocycles. The van der Waals surface area contributed by atoms with E-state index < -0.39 is 11.9 Å². The first-order valence-electron chi connectivity index (χ1n) is 26.6. The Balaban J connectivity index is 1.57. The van der Waals surface area contributed by atoms with Gasteiger partial charge in [-0.05, 0) is 61.4 Å². The molecule has 2 N–H and O–H groups in total. The van der Waals surface area contributed by atoms with Crippen molar-refractivity contribution in [3.63, 3.8) is 0 Å². The van der Waals surface area contributed by atoms with E-state index in [0.717, 1.165) is 25.7 Å². The number of carboxylic acids is 2. The van der Waals surface area contributed by atoms with E-state index in [1.807, 2.05) is 12.1 Å². The quantitative estimate of drug-likeness (QED) is 0.0440. The van der Waals surface area contributed by atoms with E-state index in [9.17, 15) is 19.8 Å². The Morgan fingerprint density at radius 2 is 0.606 bits per heavy atom. The first kappa shape index (κ1) is 55.6. The number of aromatic carboxylic acids is 2. The van der Waals surface area contributed by atoms with Crippen molar-refractivity contribution in [1.82, 2.24) is 0 Å². The van der Waals surface area contributed by atoms with E-state index in [1.54, 1.807) is 48.5 Å². The summed E-state index contributed by atoms with van der Waals surface area (Å²) in [6, 6.07) is 17.0. The van der Waals surface area contributed by atoms with Crippen molar-refractivity contribution < 1.29 is 29.3 Å². The van der Waals surface area contributed by atoms with Gasteiger partial charge in [0.1, 0.15) is 11.5 Å². The van der Waals surface area contributed by atoms with Crippen LogP contribution >= 0.6 is 0 Å². The van der Waals surface area contributed by atoms with Crippen LogP contribution in [-0.2, 0) is 0 Å². The van der Waals surface area contributed by atoms with Crippen molar-refractivity contribution in [1.29, 1.82) is 0 Å². The van der Waals surface area contributed by atoms with Crippen LogP contribution in [0.5, 0.6) is 11.5 Å². The van der Waals surface area contributed by atoms with Gasteiger partial charge in [-0.2, -0.15) is 0 Å². The smallest absolute Gasteiger partial charge is 0.335 e. The highest BCUT2D eigenvalue weighted by atomic mass is 16.5. The molecular weight excluding hydrogens is 817 g/mol. The molecule has 6 nitrogen and oxygen atoms in total. The van der Waals surface area contributed by atoms with E-state index in [-0.39, 0.29) is 11.1 Å². The van der Waals surface area contributed by atoms with Gasteiger partial charge in [0.2, 0.25) is 0 Å². The largest absolute Gasteiger partial charge is 0.492 e. The zero-order valence-electron chi connectivity index (χ0n) is 41.3. The van der Waals surface area contributed by atoms with E-state index >= 15 is 0 Å². The number of hydrogen-bond donors (Lipinski definition) is 2. The third-order valence-electron chi connectivity index (χ3n) is 12.5. The van der Waals surface area contributed by atoms with Crippen LogP contribution in [0.2, 0.25) is 0 Å². The van der Waals surface area contributed by atoms with Crippen LogP contribution in [0.4, 0.5) is 0 Å². The average molecular weight is 903 g/mol. The summed E-state index contributed by atoms with van der Waals surface area (Å²) in [5, 5.41) is 18.8. The first-order valence-corrected chi connectivity index (χ1v) is 26.6. The van der Waals surface area contributed by atoms with Crippen molar-refractivity contribution >= 4 is 11.9 Å². The number of carboxylic acid groups (broad SMARTS) is 2. The maximum absolute atomic E-state index is 11.4. The highest BCUT2D eigenvalue weighted by Crippen LogP contribution is 2.30. The Hall–Kier alpha value is -4.68. The molecule has 0 saturated heterocycles. The van der Waals surface area contributed by atoms with Gasteiger partial charge < -0.3 is 19.7 Å². The van der Waals surface area contributed by atoms with Crippen LogP contribution in [0.15, 0.2) is 60.7 Å². The van der Waals surface area contributed by atoms with Gasteiger partial charge in [-0.3, -0.25) is 0 Å². The maximum atomic E-state index is 11.4. The number of hydrogen-bond acceptors (Lipinski definition) is 4. The molecule has 362 valence electrons. The highest BCUT2D eigenvalue weighted by Gasteiger charge is 2.12. The van der Waals surface area contributed by atoms with Gasteiger partial charge >= 0.3 is 11.9 Å². The minimum Gasteiger partial charge on any atom is -0.492 e. The molecular formula is C60H86O6. The molecule has 0 aliphatic rings. The van der Waals surface area contributed by atoms with Crippen LogP contribution in [0.25, 0.3) is 0 Å². The molecule has 3 rings (SSSR count). The summed E-state index contributed by atoms with van der Waals surface area (Å²) >= 11 is 0. The maximum Gasteiger partial charge on any atom is 0.335 e. The second-order valence-corrected chi connectivity index (χ2v) is 18.4. The molecule has 6 heteroatoms. The number of carbonyl (C=O) groups is 2. The molecule has 0 unspecified atom stereocenters. The molecule has 0 atom stereocenters. The third-order valence-corrected chi connectivity index (χ3v) is 12.5. The van der Waals surface area contributed by atoms with Crippen LogP contribution in [-0.4, -0.2) is 35.4 Å². The molecule has 0 spiro atoms. The number of benzene rings is 3. The number of ether oxygens (including phenoxy) is 2. The standard InChI is InChI=1S/C60H86O6/c1-3-5-7-9-11-13-15-17-19-21-23-25-27-29-31-33-47-65-57-49-56(46-40-52-37-43-54(44-38-52)60(63)64)58(50-55(57)45-39-51-35-41-53(42-36-51)59(61)62)66-48-34-32-30-28-26-24-22-20-18-16-14-12-10-8-6-4-2/h35-38,41-44,49-50H,3-34,47-48H2,1-2H3,(H,61,62)(H,63,64). The number of rotatable bonds is 38. The van der Waals surface area contributed by atoms with Gasteiger partial charge in [0.25, 0.3) is 0 Å². The summed E-state index contributed by atoms with van der Waals surface area (Å²) in [4.78, 5) is 22.9.